The van der Waals surface area contributed by atoms with Crippen LogP contribution in [-0.2, 0) is 0 Å². The van der Waals surface area contributed by atoms with E-state index in [0.29, 0.717) is 17.1 Å². The van der Waals surface area contributed by atoms with Crippen molar-refractivity contribution in [3.05, 3.63) is 36.1 Å². The molecule has 1 aromatic carbocycles. The Morgan fingerprint density at radius 3 is 2.56 bits per heavy atom. The van der Waals surface area contributed by atoms with Gasteiger partial charge in [-0.1, -0.05) is 26.0 Å². The third-order valence-electron chi connectivity index (χ3n) is 3.20. The SMILES string of the molecule is CCC(CC)n1nc(-c2ccccc2F)cc1N. The molecule has 0 amide bonds. The Labute approximate surface area is 106 Å². The van der Waals surface area contributed by atoms with Crippen LogP contribution in [0.1, 0.15) is 32.7 Å². The van der Waals surface area contributed by atoms with Crippen molar-refractivity contribution < 1.29 is 4.39 Å². The van der Waals surface area contributed by atoms with Crippen LogP contribution in [0.4, 0.5) is 10.2 Å². The monoisotopic (exact) mass is 247 g/mol. The second kappa shape index (κ2) is 5.21. The number of hydrogen-bond donors (Lipinski definition) is 1. The van der Waals surface area contributed by atoms with Crippen LogP contribution in [0.3, 0.4) is 0 Å². The lowest BCUT2D eigenvalue weighted by molar-refractivity contribution is 0.435. The average Bonchev–Trinajstić information content (AvgIpc) is 2.74. The van der Waals surface area contributed by atoms with Gasteiger partial charge in [0.15, 0.2) is 0 Å². The van der Waals surface area contributed by atoms with Crippen molar-refractivity contribution in [2.24, 2.45) is 0 Å². The fourth-order valence-electron chi connectivity index (χ4n) is 2.14. The normalized spacial score (nSPS) is 11.1. The molecule has 2 N–H and O–H groups in total. The quantitative estimate of drug-likeness (QED) is 0.896. The van der Waals surface area contributed by atoms with Gasteiger partial charge in [0.1, 0.15) is 11.6 Å². The molecule has 2 rings (SSSR count). The summed E-state index contributed by atoms with van der Waals surface area (Å²) < 4.78 is 15.5. The summed E-state index contributed by atoms with van der Waals surface area (Å²) in [6.45, 7) is 4.19. The van der Waals surface area contributed by atoms with Crippen molar-refractivity contribution in [1.29, 1.82) is 0 Å². The zero-order chi connectivity index (χ0) is 13.1. The van der Waals surface area contributed by atoms with Crippen molar-refractivity contribution >= 4 is 5.82 Å². The maximum Gasteiger partial charge on any atom is 0.132 e. The number of hydrogen-bond acceptors (Lipinski definition) is 2. The number of anilines is 1. The molecule has 0 atom stereocenters. The van der Waals surface area contributed by atoms with Gasteiger partial charge in [-0.05, 0) is 25.0 Å². The van der Waals surface area contributed by atoms with Crippen molar-refractivity contribution in [1.82, 2.24) is 9.78 Å². The first-order valence-electron chi connectivity index (χ1n) is 6.27. The zero-order valence-corrected chi connectivity index (χ0v) is 10.7. The van der Waals surface area contributed by atoms with Crippen LogP contribution < -0.4 is 5.73 Å². The topological polar surface area (TPSA) is 43.8 Å². The maximum absolute atomic E-state index is 13.7. The van der Waals surface area contributed by atoms with E-state index in [-0.39, 0.29) is 11.9 Å². The lowest BCUT2D eigenvalue weighted by Gasteiger charge is -2.14. The minimum absolute atomic E-state index is 0.269. The zero-order valence-electron chi connectivity index (χ0n) is 10.7. The predicted octanol–water partition coefficient (Wildman–Crippen LogP) is 3.63. The molecular weight excluding hydrogens is 229 g/mol. The highest BCUT2D eigenvalue weighted by atomic mass is 19.1. The lowest BCUT2D eigenvalue weighted by atomic mass is 10.1. The van der Waals surface area contributed by atoms with E-state index in [2.05, 4.69) is 18.9 Å². The molecule has 18 heavy (non-hydrogen) atoms. The summed E-state index contributed by atoms with van der Waals surface area (Å²) in [5.41, 5.74) is 7.05. The van der Waals surface area contributed by atoms with Crippen molar-refractivity contribution in [3.63, 3.8) is 0 Å². The summed E-state index contributed by atoms with van der Waals surface area (Å²) in [7, 11) is 0. The van der Waals surface area contributed by atoms with Gasteiger partial charge in [0.05, 0.1) is 11.7 Å². The molecule has 0 aliphatic heterocycles. The standard InChI is InChI=1S/C14H18FN3/c1-3-10(4-2)18-14(16)9-13(17-18)11-7-5-6-8-12(11)15/h5-10H,3-4,16H2,1-2H3. The third kappa shape index (κ3) is 2.23. The molecule has 2 aromatic rings. The second-order valence-electron chi connectivity index (χ2n) is 4.35. The largest absolute Gasteiger partial charge is 0.384 e. The highest BCUT2D eigenvalue weighted by molar-refractivity contribution is 5.62. The van der Waals surface area contributed by atoms with E-state index in [4.69, 9.17) is 5.73 Å². The van der Waals surface area contributed by atoms with Gasteiger partial charge in [-0.15, -0.1) is 0 Å². The highest BCUT2D eigenvalue weighted by Crippen LogP contribution is 2.26. The second-order valence-corrected chi connectivity index (χ2v) is 4.35. The van der Waals surface area contributed by atoms with Gasteiger partial charge < -0.3 is 5.73 Å². The van der Waals surface area contributed by atoms with Gasteiger partial charge in [0.2, 0.25) is 0 Å². The first-order valence-corrected chi connectivity index (χ1v) is 6.27. The van der Waals surface area contributed by atoms with E-state index in [1.165, 1.54) is 6.07 Å². The Morgan fingerprint density at radius 1 is 1.28 bits per heavy atom. The summed E-state index contributed by atoms with van der Waals surface area (Å²) in [4.78, 5) is 0. The summed E-state index contributed by atoms with van der Waals surface area (Å²) in [6.07, 6.45) is 1.91. The van der Waals surface area contributed by atoms with Gasteiger partial charge >= 0.3 is 0 Å². The van der Waals surface area contributed by atoms with Gasteiger partial charge in [0.25, 0.3) is 0 Å². The molecule has 4 heteroatoms. The fraction of sp³-hybridized carbons (Fsp3) is 0.357. The van der Waals surface area contributed by atoms with Gasteiger partial charge in [-0.2, -0.15) is 5.10 Å². The number of benzene rings is 1. The summed E-state index contributed by atoms with van der Waals surface area (Å²) in [5, 5.41) is 4.43. The van der Waals surface area contributed by atoms with Crippen LogP contribution >= 0.6 is 0 Å². The van der Waals surface area contributed by atoms with Crippen LogP contribution in [0.15, 0.2) is 30.3 Å². The number of aromatic nitrogens is 2. The number of nitrogens with zero attached hydrogens (tertiary/aromatic N) is 2. The van der Waals surface area contributed by atoms with Gasteiger partial charge in [-0.3, -0.25) is 0 Å². The molecule has 0 aliphatic carbocycles. The van der Waals surface area contributed by atoms with Crippen LogP contribution in [0.5, 0.6) is 0 Å². The lowest BCUT2D eigenvalue weighted by Crippen LogP contribution is -2.11. The molecule has 96 valence electrons. The van der Waals surface area contributed by atoms with Crippen molar-refractivity contribution in [2.75, 3.05) is 5.73 Å². The van der Waals surface area contributed by atoms with Crippen LogP contribution in [0.2, 0.25) is 0 Å². The molecule has 3 nitrogen and oxygen atoms in total. The molecule has 0 unspecified atom stereocenters. The Balaban J connectivity index is 2.43. The van der Waals surface area contributed by atoms with Crippen LogP contribution in [0.25, 0.3) is 11.3 Å². The van der Waals surface area contributed by atoms with Gasteiger partial charge in [0, 0.05) is 11.6 Å². The molecular formula is C14H18FN3. The molecule has 1 heterocycles. The summed E-state index contributed by atoms with van der Waals surface area (Å²) in [6, 6.07) is 8.61. The minimum Gasteiger partial charge on any atom is -0.384 e. The first-order chi connectivity index (χ1) is 8.67. The number of nitrogen functional groups attached to an aromatic ring is 1. The van der Waals surface area contributed by atoms with E-state index in [1.54, 1.807) is 28.9 Å². The molecule has 0 saturated carbocycles. The molecule has 0 bridgehead atoms. The summed E-state index contributed by atoms with van der Waals surface area (Å²) >= 11 is 0. The van der Waals surface area contributed by atoms with Crippen molar-refractivity contribution in [2.45, 2.75) is 32.7 Å². The Bertz CT molecular complexity index is 530. The number of halogens is 1. The molecule has 0 radical (unpaired) electrons. The number of nitrogens with two attached hydrogens (primary N) is 1. The van der Waals surface area contributed by atoms with Crippen LogP contribution in [-0.4, -0.2) is 9.78 Å². The molecule has 1 aromatic heterocycles. The van der Waals surface area contributed by atoms with Crippen LogP contribution in [0, 0.1) is 5.82 Å². The van der Waals surface area contributed by atoms with E-state index in [0.717, 1.165) is 12.8 Å². The van der Waals surface area contributed by atoms with E-state index >= 15 is 0 Å². The Kier molecular flexibility index (Phi) is 3.65. The highest BCUT2D eigenvalue weighted by Gasteiger charge is 2.15. The predicted molar refractivity (Wildman–Crippen MR) is 71.7 cm³/mol. The Morgan fingerprint density at radius 2 is 1.94 bits per heavy atom. The van der Waals surface area contributed by atoms with E-state index in [1.807, 2.05) is 0 Å². The number of rotatable bonds is 4. The third-order valence-corrected chi connectivity index (χ3v) is 3.20. The summed E-state index contributed by atoms with van der Waals surface area (Å²) in [5.74, 6) is 0.314. The van der Waals surface area contributed by atoms with E-state index in [9.17, 15) is 4.39 Å². The van der Waals surface area contributed by atoms with Crippen molar-refractivity contribution in [3.8, 4) is 11.3 Å². The maximum atomic E-state index is 13.7. The first kappa shape index (κ1) is 12.6. The van der Waals surface area contributed by atoms with E-state index < -0.39 is 0 Å². The molecule has 0 fully saturated rings. The minimum atomic E-state index is -0.272. The smallest absolute Gasteiger partial charge is 0.132 e. The molecule has 0 aliphatic rings. The Hall–Kier alpha value is -1.84. The molecule has 0 spiro atoms. The average molecular weight is 247 g/mol. The van der Waals surface area contributed by atoms with Gasteiger partial charge in [-0.25, -0.2) is 9.07 Å². The molecule has 0 saturated heterocycles. The fourth-order valence-corrected chi connectivity index (χ4v) is 2.14.